The molecule has 0 unspecified atom stereocenters. The topological polar surface area (TPSA) is 143 Å². The first-order valence-electron chi connectivity index (χ1n) is 12.1. The summed E-state index contributed by atoms with van der Waals surface area (Å²) in [7, 11) is 1.63. The van der Waals surface area contributed by atoms with E-state index in [1.807, 2.05) is 47.4 Å². The number of nitriles is 2. The van der Waals surface area contributed by atoms with E-state index in [1.165, 1.54) is 0 Å². The van der Waals surface area contributed by atoms with Crippen molar-refractivity contribution in [3.05, 3.63) is 66.9 Å². The predicted octanol–water partition coefficient (Wildman–Crippen LogP) is 4.11. The fourth-order valence-electron chi connectivity index (χ4n) is 4.93. The summed E-state index contributed by atoms with van der Waals surface area (Å²) in [4.78, 5) is 4.95. The molecule has 5 aromatic rings. The number of nitrogens with one attached hydrogen (secondary N) is 1. The van der Waals surface area contributed by atoms with Gasteiger partial charge in [-0.2, -0.15) is 25.8 Å². The number of hydrogen-bond donors (Lipinski definition) is 1. The number of H-pyrrole nitrogens is 1. The van der Waals surface area contributed by atoms with Crippen molar-refractivity contribution < 1.29 is 9.47 Å². The second kappa shape index (κ2) is 9.37. The molecule has 4 aromatic heterocycles. The largest absolute Gasteiger partial charge is 0.497 e. The van der Waals surface area contributed by atoms with Crippen LogP contribution in [0.15, 0.2) is 61.3 Å². The van der Waals surface area contributed by atoms with Gasteiger partial charge in [0, 0.05) is 11.8 Å². The van der Waals surface area contributed by atoms with E-state index in [1.54, 1.807) is 30.2 Å². The lowest BCUT2D eigenvalue weighted by Crippen LogP contribution is -2.46. The van der Waals surface area contributed by atoms with Crippen LogP contribution in [0.25, 0.3) is 28.0 Å². The lowest BCUT2D eigenvalue weighted by molar-refractivity contribution is 0.0882. The van der Waals surface area contributed by atoms with Crippen LogP contribution in [-0.4, -0.2) is 41.7 Å². The summed E-state index contributed by atoms with van der Waals surface area (Å²) >= 11 is 0. The first-order valence-corrected chi connectivity index (χ1v) is 12.1. The van der Waals surface area contributed by atoms with Gasteiger partial charge in [0.1, 0.15) is 12.4 Å². The lowest BCUT2D eigenvalue weighted by atomic mass is 9.67. The fraction of sp³-hybridized carbons (Fsp3) is 0.259. The van der Waals surface area contributed by atoms with E-state index in [0.29, 0.717) is 48.7 Å². The Morgan fingerprint density at radius 1 is 1.11 bits per heavy atom. The Bertz CT molecular complexity index is 1680. The highest BCUT2D eigenvalue weighted by Gasteiger charge is 2.46. The molecule has 0 aliphatic heterocycles. The van der Waals surface area contributed by atoms with Gasteiger partial charge in [0.25, 0.3) is 0 Å². The summed E-state index contributed by atoms with van der Waals surface area (Å²) < 4.78 is 14.8. The van der Waals surface area contributed by atoms with E-state index < -0.39 is 5.54 Å². The molecule has 1 aliphatic rings. The quantitative estimate of drug-likeness (QED) is 0.332. The van der Waals surface area contributed by atoms with Gasteiger partial charge in [-0.05, 0) is 36.6 Å². The van der Waals surface area contributed by atoms with Crippen LogP contribution in [0.5, 0.6) is 11.6 Å². The van der Waals surface area contributed by atoms with E-state index in [2.05, 4.69) is 32.5 Å². The lowest BCUT2D eigenvalue weighted by Gasteiger charge is -2.43. The highest BCUT2D eigenvalue weighted by atomic mass is 16.5. The number of rotatable bonds is 8. The molecule has 0 saturated heterocycles. The Kier molecular flexibility index (Phi) is 5.74. The minimum atomic E-state index is -0.464. The zero-order valence-electron chi connectivity index (χ0n) is 20.6. The van der Waals surface area contributed by atoms with Crippen molar-refractivity contribution in [3.63, 3.8) is 0 Å². The molecular formula is C27H23N9O2. The van der Waals surface area contributed by atoms with Crippen LogP contribution in [-0.2, 0) is 12.1 Å². The van der Waals surface area contributed by atoms with E-state index in [4.69, 9.17) is 14.5 Å². The van der Waals surface area contributed by atoms with E-state index in [0.717, 1.165) is 22.4 Å². The first-order chi connectivity index (χ1) is 18.6. The van der Waals surface area contributed by atoms with Gasteiger partial charge in [0.2, 0.25) is 5.88 Å². The maximum atomic E-state index is 9.41. The van der Waals surface area contributed by atoms with Crippen LogP contribution in [0.2, 0.25) is 0 Å². The number of hydrogen-bond acceptors (Lipinski definition) is 8. The highest BCUT2D eigenvalue weighted by molar-refractivity contribution is 5.79. The van der Waals surface area contributed by atoms with Gasteiger partial charge in [-0.15, -0.1) is 0 Å². The summed E-state index contributed by atoms with van der Waals surface area (Å²) in [6, 6.07) is 14.1. The molecule has 11 nitrogen and oxygen atoms in total. The predicted molar refractivity (Wildman–Crippen MR) is 136 cm³/mol. The third kappa shape index (κ3) is 4.00. The minimum Gasteiger partial charge on any atom is -0.497 e. The number of ether oxygens (including phenoxy) is 2. The second-order valence-electron chi connectivity index (χ2n) is 9.35. The van der Waals surface area contributed by atoms with E-state index in [-0.39, 0.29) is 5.92 Å². The molecule has 38 heavy (non-hydrogen) atoms. The molecule has 1 fully saturated rings. The number of benzene rings is 1. The van der Waals surface area contributed by atoms with Crippen LogP contribution < -0.4 is 9.47 Å². The first kappa shape index (κ1) is 23.3. The smallest absolute Gasteiger partial charge is 0.219 e. The number of nitrogens with zero attached hydrogens (tertiary/aromatic N) is 8. The fourth-order valence-corrected chi connectivity index (χ4v) is 4.93. The second-order valence-corrected chi connectivity index (χ2v) is 9.35. The number of aromatic nitrogens is 7. The van der Waals surface area contributed by atoms with Crippen LogP contribution in [0, 0.1) is 28.6 Å². The molecule has 11 heteroatoms. The van der Waals surface area contributed by atoms with Crippen molar-refractivity contribution in [3.8, 4) is 46.3 Å². The molecule has 1 aliphatic carbocycles. The molecule has 188 valence electrons. The average Bonchev–Trinajstić information content (AvgIpc) is 3.70. The molecule has 0 bridgehead atoms. The maximum absolute atomic E-state index is 9.41. The Hall–Kier alpha value is -5.16. The van der Waals surface area contributed by atoms with Crippen molar-refractivity contribution in [2.24, 2.45) is 5.92 Å². The summed E-state index contributed by atoms with van der Waals surface area (Å²) in [5, 5.41) is 34.8. The molecule has 0 radical (unpaired) electrons. The van der Waals surface area contributed by atoms with Crippen molar-refractivity contribution in [2.75, 3.05) is 7.11 Å². The van der Waals surface area contributed by atoms with E-state index >= 15 is 0 Å². The molecule has 1 saturated carbocycles. The van der Waals surface area contributed by atoms with Crippen molar-refractivity contribution in [1.82, 2.24) is 34.6 Å². The summed E-state index contributed by atoms with van der Waals surface area (Å²) in [5.41, 5.74) is 4.14. The highest BCUT2D eigenvalue weighted by Crippen LogP contribution is 2.46. The Balaban J connectivity index is 1.32. The van der Waals surface area contributed by atoms with Gasteiger partial charge in [0.05, 0.1) is 84.4 Å². The van der Waals surface area contributed by atoms with Gasteiger partial charge >= 0.3 is 0 Å². The Labute approximate surface area is 217 Å². The van der Waals surface area contributed by atoms with Gasteiger partial charge in [-0.3, -0.25) is 4.68 Å². The summed E-state index contributed by atoms with van der Waals surface area (Å²) in [6.45, 7) is 0.341. The van der Waals surface area contributed by atoms with Crippen LogP contribution in [0.1, 0.15) is 24.8 Å². The number of fused-ring (bicyclic) bond motifs is 1. The average molecular weight is 506 g/mol. The Morgan fingerprint density at radius 2 is 1.95 bits per heavy atom. The van der Waals surface area contributed by atoms with Crippen LogP contribution in [0.3, 0.4) is 0 Å². The molecule has 0 spiro atoms. The minimum absolute atomic E-state index is 0.0589. The molecule has 0 amide bonds. The zero-order valence-corrected chi connectivity index (χ0v) is 20.6. The van der Waals surface area contributed by atoms with Gasteiger partial charge in [-0.25, -0.2) is 14.6 Å². The van der Waals surface area contributed by atoms with Crippen LogP contribution in [0.4, 0.5) is 0 Å². The summed E-state index contributed by atoms with van der Waals surface area (Å²) in [5.74, 6) is 1.21. The van der Waals surface area contributed by atoms with Gasteiger partial charge < -0.3 is 9.47 Å². The maximum Gasteiger partial charge on any atom is 0.219 e. The monoisotopic (exact) mass is 505 g/mol. The molecule has 1 N–H and O–H groups in total. The third-order valence-corrected chi connectivity index (χ3v) is 7.00. The van der Waals surface area contributed by atoms with Crippen molar-refractivity contribution >= 4 is 5.52 Å². The van der Waals surface area contributed by atoms with Crippen molar-refractivity contribution in [2.45, 2.75) is 31.4 Å². The summed E-state index contributed by atoms with van der Waals surface area (Å²) in [6.07, 6.45) is 10.4. The molecular weight excluding hydrogens is 482 g/mol. The molecule has 6 rings (SSSR count). The van der Waals surface area contributed by atoms with E-state index in [9.17, 15) is 10.5 Å². The van der Waals surface area contributed by atoms with Crippen molar-refractivity contribution in [1.29, 1.82) is 10.5 Å². The normalized spacial score (nSPS) is 18.4. The number of aromatic amines is 1. The molecule has 0 atom stereocenters. The Morgan fingerprint density at radius 3 is 2.71 bits per heavy atom. The number of methoxy groups -OCH3 is 1. The van der Waals surface area contributed by atoms with Crippen LogP contribution >= 0.6 is 0 Å². The van der Waals surface area contributed by atoms with Gasteiger partial charge in [-0.1, -0.05) is 12.1 Å². The standard InChI is InChI=1S/C27H23N9O2/c1-37-21-4-2-18(3-5-21)17-38-26-22(14-30-34-26)23-16-35-24(6-9-31-35)25(33-23)20-13-32-36(15-20)27(7-8-28)10-19(11-27)12-29/h2-6,9,13-16,19H,7,10-11,17H2,1H3,(H,30,34). The zero-order chi connectivity index (χ0) is 26.1. The SMILES string of the molecule is COc1ccc(COc2[nH]ncc2-c2cn3nccc3c(-c3cnn(C4(CC#N)CC(C#N)C4)c3)n2)cc1. The molecule has 1 aromatic carbocycles. The molecule has 4 heterocycles. The third-order valence-electron chi connectivity index (χ3n) is 7.00. The van der Waals surface area contributed by atoms with Gasteiger partial charge in [0.15, 0.2) is 0 Å².